The molecule has 7 heteroatoms. The van der Waals surface area contributed by atoms with Crippen LogP contribution in [0.5, 0.6) is 5.75 Å². The Bertz CT molecular complexity index is 965. The summed E-state index contributed by atoms with van der Waals surface area (Å²) in [6.45, 7) is 0.295. The number of para-hydroxylation sites is 1. The summed E-state index contributed by atoms with van der Waals surface area (Å²) in [4.78, 5) is 28.6. The second-order valence-electron chi connectivity index (χ2n) is 5.13. The molecule has 0 saturated heterocycles. The van der Waals surface area contributed by atoms with Crippen LogP contribution >= 0.6 is 0 Å². The van der Waals surface area contributed by atoms with Crippen molar-refractivity contribution in [2.45, 2.75) is 6.54 Å². The molecule has 2 heterocycles. The summed E-state index contributed by atoms with van der Waals surface area (Å²) in [6, 6.07) is 10.6. The van der Waals surface area contributed by atoms with Crippen LogP contribution in [-0.2, 0) is 6.54 Å². The Balaban J connectivity index is 1.90. The lowest BCUT2D eigenvalue weighted by Gasteiger charge is -2.11. The zero-order valence-corrected chi connectivity index (χ0v) is 13.0. The molecule has 2 aromatic heterocycles. The number of nitrogens with one attached hydrogen (secondary N) is 1. The Morgan fingerprint density at radius 3 is 2.88 bits per heavy atom. The predicted octanol–water partition coefficient (Wildman–Crippen LogP) is 1.22. The number of rotatable bonds is 4. The number of hydrogen-bond donors (Lipinski definition) is 2. The number of benzene rings is 1. The fourth-order valence-corrected chi connectivity index (χ4v) is 2.42. The van der Waals surface area contributed by atoms with Gasteiger partial charge in [-0.05, 0) is 18.2 Å². The lowest BCUT2D eigenvalue weighted by molar-refractivity contribution is 0.0951. The van der Waals surface area contributed by atoms with E-state index in [1.165, 1.54) is 16.8 Å². The van der Waals surface area contributed by atoms with Crippen LogP contribution < -0.4 is 21.3 Å². The molecule has 0 radical (unpaired) electrons. The highest BCUT2D eigenvalue weighted by atomic mass is 16.5. The summed E-state index contributed by atoms with van der Waals surface area (Å²) in [5.41, 5.74) is 6.60. The first-order chi connectivity index (χ1) is 11.6. The number of amides is 1. The average Bonchev–Trinajstić information content (AvgIpc) is 2.62. The molecule has 0 bridgehead atoms. The van der Waals surface area contributed by atoms with E-state index in [9.17, 15) is 9.59 Å². The van der Waals surface area contributed by atoms with Gasteiger partial charge in [0, 0.05) is 18.3 Å². The molecule has 0 spiro atoms. The third-order valence-corrected chi connectivity index (χ3v) is 3.64. The second kappa shape index (κ2) is 6.41. The minimum Gasteiger partial charge on any atom is -0.496 e. The van der Waals surface area contributed by atoms with Gasteiger partial charge in [0.05, 0.1) is 18.9 Å². The smallest absolute Gasteiger partial charge is 0.281 e. The van der Waals surface area contributed by atoms with Gasteiger partial charge in [-0.1, -0.05) is 18.2 Å². The van der Waals surface area contributed by atoms with E-state index in [1.807, 2.05) is 24.3 Å². The molecule has 0 aliphatic carbocycles. The van der Waals surface area contributed by atoms with Gasteiger partial charge in [0.2, 0.25) is 0 Å². The van der Waals surface area contributed by atoms with E-state index in [1.54, 1.807) is 19.2 Å². The van der Waals surface area contributed by atoms with E-state index >= 15 is 0 Å². The first-order valence-corrected chi connectivity index (χ1v) is 7.27. The number of pyridine rings is 1. The van der Waals surface area contributed by atoms with Gasteiger partial charge in [0.25, 0.3) is 11.5 Å². The highest BCUT2D eigenvalue weighted by molar-refractivity contribution is 5.99. The van der Waals surface area contributed by atoms with Crippen molar-refractivity contribution in [1.29, 1.82) is 0 Å². The van der Waals surface area contributed by atoms with Crippen molar-refractivity contribution < 1.29 is 9.53 Å². The number of nitrogens with two attached hydrogens (primary N) is 1. The van der Waals surface area contributed by atoms with Gasteiger partial charge in [0.15, 0.2) is 5.65 Å². The van der Waals surface area contributed by atoms with Crippen molar-refractivity contribution in [2.24, 2.45) is 0 Å². The molecule has 0 aliphatic heterocycles. The van der Waals surface area contributed by atoms with Gasteiger partial charge in [-0.2, -0.15) is 0 Å². The summed E-state index contributed by atoms with van der Waals surface area (Å²) in [5, 5.41) is 2.81. The zero-order chi connectivity index (χ0) is 17.1. The van der Waals surface area contributed by atoms with Crippen LogP contribution in [0.25, 0.3) is 5.65 Å². The van der Waals surface area contributed by atoms with E-state index in [0.29, 0.717) is 17.9 Å². The molecule has 24 heavy (non-hydrogen) atoms. The molecule has 0 aliphatic rings. The van der Waals surface area contributed by atoms with Crippen LogP contribution in [-0.4, -0.2) is 22.4 Å². The number of nitrogens with zero attached hydrogens (tertiary/aromatic N) is 2. The normalized spacial score (nSPS) is 10.5. The number of aromatic nitrogens is 2. The first-order valence-electron chi connectivity index (χ1n) is 7.27. The molecule has 7 nitrogen and oxygen atoms in total. The lowest BCUT2D eigenvalue weighted by atomic mass is 10.2. The maximum Gasteiger partial charge on any atom is 0.281 e. The van der Waals surface area contributed by atoms with Gasteiger partial charge in [-0.25, -0.2) is 4.98 Å². The summed E-state index contributed by atoms with van der Waals surface area (Å²) < 4.78 is 6.52. The van der Waals surface area contributed by atoms with Gasteiger partial charge in [0.1, 0.15) is 11.4 Å². The van der Waals surface area contributed by atoms with Gasteiger partial charge in [-0.3, -0.25) is 14.0 Å². The number of methoxy groups -OCH3 is 1. The second-order valence-corrected chi connectivity index (χ2v) is 5.13. The van der Waals surface area contributed by atoms with Crippen molar-refractivity contribution in [3.8, 4) is 5.75 Å². The number of carbonyl (C=O) groups is 1. The minimum atomic E-state index is -0.403. The molecule has 0 unspecified atom stereocenters. The van der Waals surface area contributed by atoms with Gasteiger partial charge in [-0.15, -0.1) is 0 Å². The van der Waals surface area contributed by atoms with Gasteiger partial charge < -0.3 is 15.8 Å². The van der Waals surface area contributed by atoms with Crippen LogP contribution in [0, 0.1) is 0 Å². The van der Waals surface area contributed by atoms with Crippen molar-refractivity contribution in [3.63, 3.8) is 0 Å². The first kappa shape index (κ1) is 15.5. The molecule has 0 saturated carbocycles. The minimum absolute atomic E-state index is 0.0269. The number of anilines is 1. The molecule has 1 aromatic carbocycles. The molecule has 3 aromatic rings. The molecule has 1 amide bonds. The van der Waals surface area contributed by atoms with Crippen LogP contribution in [0.1, 0.15) is 15.9 Å². The third kappa shape index (κ3) is 2.79. The number of ether oxygens (including phenoxy) is 1. The van der Waals surface area contributed by atoms with Crippen molar-refractivity contribution in [2.75, 3.05) is 12.8 Å². The van der Waals surface area contributed by atoms with Crippen LogP contribution in [0.4, 0.5) is 5.69 Å². The largest absolute Gasteiger partial charge is 0.496 e. The number of carbonyl (C=O) groups excluding carboxylic acids is 1. The van der Waals surface area contributed by atoms with Crippen molar-refractivity contribution in [1.82, 2.24) is 14.7 Å². The Morgan fingerprint density at radius 2 is 2.08 bits per heavy atom. The van der Waals surface area contributed by atoms with E-state index in [2.05, 4.69) is 10.3 Å². The Hall–Kier alpha value is -3.35. The molecule has 3 rings (SSSR count). The monoisotopic (exact) mass is 324 g/mol. The van der Waals surface area contributed by atoms with Crippen LogP contribution in [0.15, 0.2) is 53.6 Å². The lowest BCUT2D eigenvalue weighted by Crippen LogP contribution is -2.26. The molecule has 3 N–H and O–H groups in total. The molecule has 0 atom stereocenters. The van der Waals surface area contributed by atoms with Gasteiger partial charge >= 0.3 is 0 Å². The van der Waals surface area contributed by atoms with E-state index in [-0.39, 0.29) is 17.2 Å². The molecule has 0 fully saturated rings. The van der Waals surface area contributed by atoms with E-state index < -0.39 is 5.56 Å². The fourth-order valence-electron chi connectivity index (χ4n) is 2.42. The maximum atomic E-state index is 12.5. The quantitative estimate of drug-likeness (QED) is 0.752. The Labute approximate surface area is 137 Å². The summed E-state index contributed by atoms with van der Waals surface area (Å²) in [5.74, 6) is 0.355. The van der Waals surface area contributed by atoms with E-state index in [0.717, 1.165) is 5.56 Å². The fraction of sp³-hybridized carbons (Fsp3) is 0.118. The highest BCUT2D eigenvalue weighted by Crippen LogP contribution is 2.17. The summed E-state index contributed by atoms with van der Waals surface area (Å²) in [7, 11) is 1.58. The third-order valence-electron chi connectivity index (χ3n) is 3.64. The Kier molecular flexibility index (Phi) is 4.15. The standard InChI is InChI=1S/C17H16N4O3/c1-24-14-7-3-2-5-11(14)9-20-16(22)12-6-4-8-21-15(12)19-10-13(18)17(21)23/h2-8,10H,9,18H2,1H3,(H,20,22). The SMILES string of the molecule is COc1ccccc1CNC(=O)c1cccn2c(=O)c(N)cnc12. The molecular formula is C17H16N4O3. The highest BCUT2D eigenvalue weighted by Gasteiger charge is 2.13. The average molecular weight is 324 g/mol. The summed E-state index contributed by atoms with van der Waals surface area (Å²) in [6.07, 6.45) is 2.78. The van der Waals surface area contributed by atoms with Crippen molar-refractivity contribution >= 4 is 17.2 Å². The van der Waals surface area contributed by atoms with Crippen LogP contribution in [0.3, 0.4) is 0 Å². The predicted molar refractivity (Wildman–Crippen MR) is 90.0 cm³/mol. The van der Waals surface area contributed by atoms with Crippen LogP contribution in [0.2, 0.25) is 0 Å². The maximum absolute atomic E-state index is 12.5. The number of fused-ring (bicyclic) bond motifs is 1. The van der Waals surface area contributed by atoms with Crippen molar-refractivity contribution in [3.05, 3.63) is 70.3 Å². The number of hydrogen-bond acceptors (Lipinski definition) is 5. The van der Waals surface area contributed by atoms with E-state index in [4.69, 9.17) is 10.5 Å². The zero-order valence-electron chi connectivity index (χ0n) is 13.0. The number of nitrogen functional groups attached to an aromatic ring is 1. The molecule has 122 valence electrons. The summed E-state index contributed by atoms with van der Waals surface area (Å²) >= 11 is 0. The topological polar surface area (TPSA) is 98.7 Å². The molecular weight excluding hydrogens is 308 g/mol. The Morgan fingerprint density at radius 1 is 1.29 bits per heavy atom.